The number of nitrogens with one attached hydrogen (secondary N) is 1. The molecule has 0 spiro atoms. The SMILES string of the molecule is CN(c1nc2ccccc2s1)C1CCNCC1CCCOc1ccncc1.O. The molecule has 2 atom stereocenters. The van der Waals surface area contributed by atoms with Crippen LogP contribution in [0, 0.1) is 5.92 Å². The van der Waals surface area contributed by atoms with E-state index in [1.807, 2.05) is 12.1 Å². The smallest absolute Gasteiger partial charge is 0.186 e. The molecule has 7 heteroatoms. The fourth-order valence-electron chi connectivity index (χ4n) is 3.84. The first-order valence-electron chi connectivity index (χ1n) is 9.63. The second kappa shape index (κ2) is 9.82. The summed E-state index contributed by atoms with van der Waals surface area (Å²) in [6, 6.07) is 12.7. The predicted octanol–water partition coefficient (Wildman–Crippen LogP) is 3.14. The van der Waals surface area contributed by atoms with Crippen LogP contribution >= 0.6 is 11.3 Å². The number of hydrogen-bond acceptors (Lipinski definition) is 6. The van der Waals surface area contributed by atoms with Gasteiger partial charge >= 0.3 is 0 Å². The number of rotatable bonds is 7. The van der Waals surface area contributed by atoms with Crippen molar-refractivity contribution in [3.05, 3.63) is 48.8 Å². The molecule has 150 valence electrons. The van der Waals surface area contributed by atoms with Gasteiger partial charge in [0.2, 0.25) is 0 Å². The Balaban J connectivity index is 0.00000225. The summed E-state index contributed by atoms with van der Waals surface area (Å²) < 4.78 is 7.09. The molecular weight excluding hydrogens is 372 g/mol. The standard InChI is InChI=1S/C21H26N4OS.H2O/c1-25(21-24-18-6-2-3-7-20(18)27-21)19-10-13-23-15-16(19)5-4-14-26-17-8-11-22-12-9-17;/h2-3,6-9,11-12,16,19,23H,4-5,10,13-15H2,1H3;1H2. The topological polar surface area (TPSA) is 81.8 Å². The highest BCUT2D eigenvalue weighted by Crippen LogP contribution is 2.32. The maximum absolute atomic E-state index is 5.83. The number of nitrogens with zero attached hydrogens (tertiary/aromatic N) is 3. The predicted molar refractivity (Wildman–Crippen MR) is 115 cm³/mol. The van der Waals surface area contributed by atoms with Crippen LogP contribution in [-0.2, 0) is 0 Å². The van der Waals surface area contributed by atoms with E-state index in [1.54, 1.807) is 23.7 Å². The van der Waals surface area contributed by atoms with Gasteiger partial charge in [0.1, 0.15) is 5.75 Å². The Morgan fingerprint density at radius 2 is 2.04 bits per heavy atom. The van der Waals surface area contributed by atoms with Crippen molar-refractivity contribution in [3.63, 3.8) is 0 Å². The van der Waals surface area contributed by atoms with Crippen LogP contribution < -0.4 is 15.0 Å². The van der Waals surface area contributed by atoms with Gasteiger partial charge in [-0.25, -0.2) is 4.98 Å². The zero-order chi connectivity index (χ0) is 18.5. The van der Waals surface area contributed by atoms with Gasteiger partial charge in [-0.05, 0) is 62.5 Å². The van der Waals surface area contributed by atoms with E-state index >= 15 is 0 Å². The first kappa shape index (κ1) is 20.5. The molecule has 0 bridgehead atoms. The third kappa shape index (κ3) is 4.79. The third-order valence-corrected chi connectivity index (χ3v) is 6.41. The number of pyridine rings is 1. The lowest BCUT2D eigenvalue weighted by atomic mass is 9.88. The molecule has 4 rings (SSSR count). The molecule has 0 radical (unpaired) electrons. The van der Waals surface area contributed by atoms with Gasteiger partial charge in [-0.2, -0.15) is 0 Å². The average Bonchev–Trinajstić information content (AvgIpc) is 3.16. The maximum atomic E-state index is 5.83. The molecule has 3 N–H and O–H groups in total. The zero-order valence-electron chi connectivity index (χ0n) is 16.2. The Labute approximate surface area is 169 Å². The first-order chi connectivity index (χ1) is 13.3. The molecule has 6 nitrogen and oxygen atoms in total. The minimum Gasteiger partial charge on any atom is -0.493 e. The number of hydrogen-bond donors (Lipinski definition) is 1. The second-order valence-electron chi connectivity index (χ2n) is 7.07. The van der Waals surface area contributed by atoms with E-state index in [1.165, 1.54) is 4.70 Å². The Morgan fingerprint density at radius 1 is 1.21 bits per heavy atom. The second-order valence-corrected chi connectivity index (χ2v) is 8.08. The molecule has 28 heavy (non-hydrogen) atoms. The average molecular weight is 401 g/mol. The van der Waals surface area contributed by atoms with Crippen molar-refractivity contribution in [2.24, 2.45) is 5.92 Å². The summed E-state index contributed by atoms with van der Waals surface area (Å²) in [5.41, 5.74) is 1.10. The molecule has 1 fully saturated rings. The molecule has 1 aromatic carbocycles. The molecule has 1 aliphatic heterocycles. The summed E-state index contributed by atoms with van der Waals surface area (Å²) >= 11 is 1.79. The van der Waals surface area contributed by atoms with E-state index in [2.05, 4.69) is 46.5 Å². The highest BCUT2D eigenvalue weighted by molar-refractivity contribution is 7.22. The van der Waals surface area contributed by atoms with Crippen LogP contribution in [0.2, 0.25) is 0 Å². The maximum Gasteiger partial charge on any atom is 0.186 e. The van der Waals surface area contributed by atoms with E-state index in [4.69, 9.17) is 9.72 Å². The summed E-state index contributed by atoms with van der Waals surface area (Å²) in [6.07, 6.45) is 6.89. The first-order valence-corrected chi connectivity index (χ1v) is 10.4. The number of benzene rings is 1. The number of fused-ring (bicyclic) bond motifs is 1. The van der Waals surface area contributed by atoms with Crippen molar-refractivity contribution in [2.75, 3.05) is 31.6 Å². The summed E-state index contributed by atoms with van der Waals surface area (Å²) in [7, 11) is 2.20. The Morgan fingerprint density at radius 3 is 2.86 bits per heavy atom. The summed E-state index contributed by atoms with van der Waals surface area (Å²) in [6.45, 7) is 2.89. The highest BCUT2D eigenvalue weighted by Gasteiger charge is 2.29. The molecule has 0 aliphatic carbocycles. The van der Waals surface area contributed by atoms with Crippen LogP contribution in [0.3, 0.4) is 0 Å². The number of thiazole rings is 1. The van der Waals surface area contributed by atoms with Gasteiger partial charge in [-0.3, -0.25) is 4.98 Å². The highest BCUT2D eigenvalue weighted by atomic mass is 32.1. The van der Waals surface area contributed by atoms with Crippen molar-refractivity contribution in [2.45, 2.75) is 25.3 Å². The monoisotopic (exact) mass is 400 g/mol. The number of anilines is 1. The van der Waals surface area contributed by atoms with Crippen LogP contribution in [0.4, 0.5) is 5.13 Å². The van der Waals surface area contributed by atoms with Gasteiger partial charge in [0, 0.05) is 25.5 Å². The van der Waals surface area contributed by atoms with Crippen LogP contribution in [0.5, 0.6) is 5.75 Å². The van der Waals surface area contributed by atoms with Crippen LogP contribution in [0.15, 0.2) is 48.8 Å². The van der Waals surface area contributed by atoms with Gasteiger partial charge in [0.15, 0.2) is 5.13 Å². The summed E-state index contributed by atoms with van der Waals surface area (Å²) in [5.74, 6) is 1.51. The Kier molecular flexibility index (Phi) is 7.19. The van der Waals surface area contributed by atoms with Crippen molar-refractivity contribution in [1.82, 2.24) is 15.3 Å². The lowest BCUT2D eigenvalue weighted by Gasteiger charge is -2.38. The Hall–Kier alpha value is -2.22. The number of piperidine rings is 1. The zero-order valence-corrected chi connectivity index (χ0v) is 17.0. The van der Waals surface area contributed by atoms with Crippen LogP contribution in [-0.4, -0.2) is 48.2 Å². The molecule has 3 heterocycles. The summed E-state index contributed by atoms with van der Waals surface area (Å²) in [4.78, 5) is 11.3. The molecule has 0 amide bonds. The molecule has 1 saturated heterocycles. The van der Waals surface area contributed by atoms with Gasteiger partial charge in [0.25, 0.3) is 0 Å². The van der Waals surface area contributed by atoms with E-state index in [-0.39, 0.29) is 5.48 Å². The molecular formula is C21H28N4O2S. The van der Waals surface area contributed by atoms with E-state index in [0.717, 1.165) is 55.4 Å². The minimum absolute atomic E-state index is 0. The fourth-order valence-corrected chi connectivity index (χ4v) is 4.82. The van der Waals surface area contributed by atoms with Gasteiger partial charge in [-0.15, -0.1) is 0 Å². The molecule has 0 saturated carbocycles. The van der Waals surface area contributed by atoms with Crippen molar-refractivity contribution in [3.8, 4) is 5.75 Å². The largest absolute Gasteiger partial charge is 0.493 e. The summed E-state index contributed by atoms with van der Waals surface area (Å²) in [5, 5.41) is 4.69. The fraction of sp³-hybridized carbons (Fsp3) is 0.429. The van der Waals surface area contributed by atoms with Crippen molar-refractivity contribution >= 4 is 26.7 Å². The minimum atomic E-state index is 0. The van der Waals surface area contributed by atoms with E-state index < -0.39 is 0 Å². The number of ether oxygens (including phenoxy) is 1. The molecule has 2 unspecified atom stereocenters. The number of aromatic nitrogens is 2. The van der Waals surface area contributed by atoms with E-state index in [9.17, 15) is 0 Å². The van der Waals surface area contributed by atoms with E-state index in [0.29, 0.717) is 12.0 Å². The van der Waals surface area contributed by atoms with Crippen molar-refractivity contribution < 1.29 is 10.2 Å². The van der Waals surface area contributed by atoms with Crippen molar-refractivity contribution in [1.29, 1.82) is 0 Å². The molecule has 2 aromatic heterocycles. The lowest BCUT2D eigenvalue weighted by Crippen LogP contribution is -2.48. The normalized spacial score (nSPS) is 19.2. The van der Waals surface area contributed by atoms with Gasteiger partial charge in [0.05, 0.1) is 16.8 Å². The third-order valence-electron chi connectivity index (χ3n) is 5.29. The molecule has 1 aliphatic rings. The molecule has 3 aromatic rings. The van der Waals surface area contributed by atoms with Crippen LogP contribution in [0.25, 0.3) is 10.2 Å². The van der Waals surface area contributed by atoms with Gasteiger partial charge in [-0.1, -0.05) is 23.5 Å². The quantitative estimate of drug-likeness (QED) is 0.616. The number of para-hydroxylation sites is 1. The Bertz CT molecular complexity index is 825. The van der Waals surface area contributed by atoms with Gasteiger partial charge < -0.3 is 20.4 Å². The lowest BCUT2D eigenvalue weighted by molar-refractivity contribution is 0.255. The van der Waals surface area contributed by atoms with Crippen LogP contribution in [0.1, 0.15) is 19.3 Å².